The average molecular weight is 265 g/mol. The van der Waals surface area contributed by atoms with Crippen molar-refractivity contribution >= 4 is 17.6 Å². The molecule has 19 heavy (non-hydrogen) atoms. The predicted molar refractivity (Wildman–Crippen MR) is 63.3 cm³/mol. The summed E-state index contributed by atoms with van der Waals surface area (Å²) in [6, 6.07) is -0.769. The van der Waals surface area contributed by atoms with E-state index in [-0.39, 0.29) is 11.6 Å². The van der Waals surface area contributed by atoms with Crippen molar-refractivity contribution in [2.75, 3.05) is 5.73 Å². The Labute approximate surface area is 106 Å². The highest BCUT2D eigenvalue weighted by molar-refractivity contribution is 5.98. The van der Waals surface area contributed by atoms with E-state index in [1.165, 1.54) is 4.68 Å². The van der Waals surface area contributed by atoms with Crippen molar-refractivity contribution in [3.8, 4) is 5.82 Å². The van der Waals surface area contributed by atoms with E-state index in [0.717, 1.165) is 0 Å². The molecule has 0 bridgehead atoms. The molecule has 0 aliphatic rings. The third kappa shape index (κ3) is 2.34. The molecule has 2 amide bonds. The van der Waals surface area contributed by atoms with Gasteiger partial charge in [0.2, 0.25) is 11.6 Å². The number of carbonyl (C=O) groups is 1. The van der Waals surface area contributed by atoms with Gasteiger partial charge in [0, 0.05) is 0 Å². The van der Waals surface area contributed by atoms with Gasteiger partial charge >= 0.3 is 6.03 Å². The third-order valence-electron chi connectivity index (χ3n) is 2.27. The van der Waals surface area contributed by atoms with Crippen molar-refractivity contribution in [1.29, 1.82) is 0 Å². The second-order valence-electron chi connectivity index (χ2n) is 3.58. The van der Waals surface area contributed by atoms with E-state index in [4.69, 9.17) is 11.5 Å². The summed E-state index contributed by atoms with van der Waals surface area (Å²) in [5, 5.41) is 18.6. The summed E-state index contributed by atoms with van der Waals surface area (Å²) in [7, 11) is 0. The zero-order valence-corrected chi connectivity index (χ0v) is 10.2. The lowest BCUT2D eigenvalue weighted by Gasteiger charge is -1.99. The smallest absolute Gasteiger partial charge is 0.332 e. The van der Waals surface area contributed by atoms with Crippen molar-refractivity contribution in [1.82, 2.24) is 30.7 Å². The number of primary amides is 1. The number of urea groups is 1. The van der Waals surface area contributed by atoms with Crippen LogP contribution in [0.2, 0.25) is 0 Å². The summed E-state index contributed by atoms with van der Waals surface area (Å²) >= 11 is 0. The van der Waals surface area contributed by atoms with E-state index < -0.39 is 6.03 Å². The topological polar surface area (TPSA) is 163 Å². The minimum Gasteiger partial charge on any atom is -0.378 e. The first-order valence-corrected chi connectivity index (χ1v) is 5.11. The Morgan fingerprint density at radius 1 is 1.47 bits per heavy atom. The number of anilines is 1. The highest BCUT2D eigenvalue weighted by Crippen LogP contribution is 2.14. The SMILES string of the molecule is C/C(=N/NC(N)=O)c1nnn(-c2nonc2N)c1C. The Balaban J connectivity index is 2.36. The van der Waals surface area contributed by atoms with Crippen LogP contribution in [0.4, 0.5) is 10.6 Å². The molecule has 11 heteroatoms. The van der Waals surface area contributed by atoms with Gasteiger partial charge in [-0.15, -0.1) is 5.10 Å². The minimum absolute atomic E-state index is 0.0874. The largest absolute Gasteiger partial charge is 0.378 e. The monoisotopic (exact) mass is 265 g/mol. The summed E-state index contributed by atoms with van der Waals surface area (Å²) < 4.78 is 5.84. The van der Waals surface area contributed by atoms with Crippen LogP contribution in [0.1, 0.15) is 18.3 Å². The molecule has 100 valence electrons. The first kappa shape index (κ1) is 12.5. The summed E-state index contributed by atoms with van der Waals surface area (Å²) in [4.78, 5) is 10.6. The van der Waals surface area contributed by atoms with Gasteiger partial charge in [0.15, 0.2) is 0 Å². The molecule has 0 aliphatic carbocycles. The van der Waals surface area contributed by atoms with Crippen molar-refractivity contribution in [3.05, 3.63) is 11.4 Å². The van der Waals surface area contributed by atoms with Crippen LogP contribution < -0.4 is 16.9 Å². The zero-order valence-electron chi connectivity index (χ0n) is 10.2. The Bertz CT molecular complexity index is 640. The Kier molecular flexibility index (Phi) is 3.10. The maximum atomic E-state index is 10.6. The van der Waals surface area contributed by atoms with Crippen LogP contribution in [0.3, 0.4) is 0 Å². The number of hydrogen-bond donors (Lipinski definition) is 3. The number of nitrogens with one attached hydrogen (secondary N) is 1. The number of hydrogen-bond acceptors (Lipinski definition) is 8. The van der Waals surface area contributed by atoms with Gasteiger partial charge in [0.1, 0.15) is 5.69 Å². The molecule has 2 aromatic heterocycles. The minimum atomic E-state index is -0.769. The fourth-order valence-electron chi connectivity index (χ4n) is 1.39. The predicted octanol–water partition coefficient (Wildman–Crippen LogP) is -1.07. The van der Waals surface area contributed by atoms with Crippen molar-refractivity contribution in [3.63, 3.8) is 0 Å². The van der Waals surface area contributed by atoms with Crippen LogP contribution in [0.25, 0.3) is 5.82 Å². The molecule has 0 spiro atoms. The highest BCUT2D eigenvalue weighted by Gasteiger charge is 2.17. The van der Waals surface area contributed by atoms with Gasteiger partial charge in [-0.1, -0.05) is 5.21 Å². The number of nitrogen functional groups attached to an aromatic ring is 1. The average Bonchev–Trinajstić information content (AvgIpc) is 2.92. The third-order valence-corrected chi connectivity index (χ3v) is 2.27. The van der Waals surface area contributed by atoms with E-state index in [0.29, 0.717) is 17.1 Å². The molecule has 11 nitrogen and oxygen atoms in total. The molecule has 0 radical (unpaired) electrons. The molecule has 2 heterocycles. The molecule has 0 unspecified atom stereocenters. The van der Waals surface area contributed by atoms with E-state index >= 15 is 0 Å². The van der Waals surface area contributed by atoms with Crippen LogP contribution in [0.5, 0.6) is 0 Å². The first-order chi connectivity index (χ1) is 9.00. The number of rotatable bonds is 3. The van der Waals surface area contributed by atoms with Crippen LogP contribution in [0.15, 0.2) is 9.73 Å². The molecular weight excluding hydrogens is 254 g/mol. The fraction of sp³-hybridized carbons (Fsp3) is 0.250. The van der Waals surface area contributed by atoms with Gasteiger partial charge in [-0.2, -0.15) is 9.78 Å². The van der Waals surface area contributed by atoms with Crippen LogP contribution >= 0.6 is 0 Å². The van der Waals surface area contributed by atoms with Crippen molar-refractivity contribution < 1.29 is 9.42 Å². The number of carbonyl (C=O) groups excluding carboxylic acids is 1. The molecule has 2 rings (SSSR count). The normalized spacial score (nSPS) is 11.6. The van der Waals surface area contributed by atoms with Gasteiger partial charge < -0.3 is 11.5 Å². The second-order valence-corrected chi connectivity index (χ2v) is 3.58. The molecule has 5 N–H and O–H groups in total. The molecule has 0 saturated heterocycles. The van der Waals surface area contributed by atoms with E-state index in [2.05, 4.69) is 35.8 Å². The fourth-order valence-corrected chi connectivity index (χ4v) is 1.39. The van der Waals surface area contributed by atoms with E-state index in [1.54, 1.807) is 13.8 Å². The molecule has 0 atom stereocenters. The zero-order chi connectivity index (χ0) is 14.0. The van der Waals surface area contributed by atoms with Gasteiger partial charge in [-0.25, -0.2) is 14.8 Å². The van der Waals surface area contributed by atoms with Gasteiger partial charge in [0.05, 0.1) is 11.4 Å². The Morgan fingerprint density at radius 2 is 2.21 bits per heavy atom. The van der Waals surface area contributed by atoms with Gasteiger partial charge in [-0.05, 0) is 24.2 Å². The molecule has 2 aromatic rings. The highest BCUT2D eigenvalue weighted by atomic mass is 16.6. The second kappa shape index (κ2) is 4.72. The van der Waals surface area contributed by atoms with Crippen molar-refractivity contribution in [2.24, 2.45) is 10.8 Å². The maximum absolute atomic E-state index is 10.6. The number of aromatic nitrogens is 5. The summed E-state index contributed by atoms with van der Waals surface area (Å²) in [6.45, 7) is 3.37. The quantitative estimate of drug-likeness (QED) is 0.469. The summed E-state index contributed by atoms with van der Waals surface area (Å²) in [5.74, 6) is 0.316. The first-order valence-electron chi connectivity index (χ1n) is 5.11. The lowest BCUT2D eigenvalue weighted by molar-refractivity contribution is 0.249. The van der Waals surface area contributed by atoms with Crippen LogP contribution in [0, 0.1) is 6.92 Å². The molecular formula is C8H11N9O2. The maximum Gasteiger partial charge on any atom is 0.332 e. The number of hydrazone groups is 1. The molecule has 0 aliphatic heterocycles. The Morgan fingerprint density at radius 3 is 2.79 bits per heavy atom. The number of nitrogens with zero attached hydrogens (tertiary/aromatic N) is 6. The summed E-state index contributed by atoms with van der Waals surface area (Å²) in [5.41, 5.74) is 14.1. The standard InChI is InChI=1S/C8H11N9O2/c1-3(11-13-8(10)18)5-4(2)17(16-12-5)7-6(9)14-19-15-7/h1-2H3,(H2,9,14)(H3,10,13,18)/b11-3-. The van der Waals surface area contributed by atoms with Gasteiger partial charge in [-0.3, -0.25) is 0 Å². The number of nitrogens with two attached hydrogens (primary N) is 2. The Hall–Kier alpha value is -2.98. The van der Waals surface area contributed by atoms with Crippen molar-refractivity contribution in [2.45, 2.75) is 13.8 Å². The van der Waals surface area contributed by atoms with Crippen LogP contribution in [-0.2, 0) is 0 Å². The lowest BCUT2D eigenvalue weighted by Crippen LogP contribution is -2.25. The molecule has 0 saturated carbocycles. The van der Waals surface area contributed by atoms with E-state index in [1.807, 2.05) is 0 Å². The molecule has 0 fully saturated rings. The van der Waals surface area contributed by atoms with E-state index in [9.17, 15) is 4.79 Å². The number of amides is 2. The lowest BCUT2D eigenvalue weighted by atomic mass is 10.2. The summed E-state index contributed by atoms with van der Waals surface area (Å²) in [6.07, 6.45) is 0. The van der Waals surface area contributed by atoms with Crippen LogP contribution in [-0.4, -0.2) is 37.0 Å². The molecule has 0 aromatic carbocycles. The van der Waals surface area contributed by atoms with Gasteiger partial charge in [0.25, 0.3) is 0 Å².